The number of halogens is 1. The van der Waals surface area contributed by atoms with Crippen molar-refractivity contribution < 1.29 is 0 Å². The predicted molar refractivity (Wildman–Crippen MR) is 56.2 cm³/mol. The lowest BCUT2D eigenvalue weighted by atomic mass is 10.1. The van der Waals surface area contributed by atoms with Crippen LogP contribution < -0.4 is 5.56 Å². The van der Waals surface area contributed by atoms with E-state index in [0.29, 0.717) is 5.41 Å². The number of hydrogen-bond donors (Lipinski definition) is 0. The van der Waals surface area contributed by atoms with Crippen molar-refractivity contribution >= 4 is 15.9 Å². The number of rotatable bonds is 3. The minimum Gasteiger partial charge on any atom is -0.315 e. The summed E-state index contributed by atoms with van der Waals surface area (Å²) in [6.45, 7) is 0.859. The average molecular weight is 242 g/mol. The van der Waals surface area contributed by atoms with E-state index in [4.69, 9.17) is 0 Å². The predicted octanol–water partition coefficient (Wildman–Crippen LogP) is 2.02. The number of alkyl halides is 1. The van der Waals surface area contributed by atoms with Gasteiger partial charge in [0.25, 0.3) is 5.56 Å². The monoisotopic (exact) mass is 241 g/mol. The van der Waals surface area contributed by atoms with Crippen molar-refractivity contribution in [1.29, 1.82) is 0 Å². The molecule has 1 aliphatic rings. The van der Waals surface area contributed by atoms with E-state index in [1.165, 1.54) is 12.8 Å². The highest BCUT2D eigenvalue weighted by Crippen LogP contribution is 2.48. The van der Waals surface area contributed by atoms with Crippen LogP contribution >= 0.6 is 15.9 Å². The second kappa shape index (κ2) is 3.29. The van der Waals surface area contributed by atoms with Crippen LogP contribution in [0.2, 0.25) is 0 Å². The van der Waals surface area contributed by atoms with Gasteiger partial charge in [0.2, 0.25) is 0 Å². The molecular formula is C10H12BrNO. The Bertz CT molecular complexity index is 354. The Labute approximate surface area is 85.7 Å². The molecule has 2 nitrogen and oxygen atoms in total. The SMILES string of the molecule is O=c1ccccn1CC1(CBr)CC1. The van der Waals surface area contributed by atoms with Crippen molar-refractivity contribution in [3.8, 4) is 0 Å². The van der Waals surface area contributed by atoms with Gasteiger partial charge in [-0.2, -0.15) is 0 Å². The maximum atomic E-state index is 11.4. The molecule has 3 heteroatoms. The highest BCUT2D eigenvalue weighted by atomic mass is 79.9. The Kier molecular flexibility index (Phi) is 2.28. The molecule has 1 heterocycles. The average Bonchev–Trinajstić information content (AvgIpc) is 2.90. The van der Waals surface area contributed by atoms with Crippen molar-refractivity contribution in [2.24, 2.45) is 5.41 Å². The Morgan fingerprint density at radius 1 is 1.46 bits per heavy atom. The molecule has 2 rings (SSSR count). The van der Waals surface area contributed by atoms with Crippen molar-refractivity contribution in [3.05, 3.63) is 34.7 Å². The van der Waals surface area contributed by atoms with E-state index in [2.05, 4.69) is 15.9 Å². The summed E-state index contributed by atoms with van der Waals surface area (Å²) in [5.41, 5.74) is 0.472. The van der Waals surface area contributed by atoms with Crippen molar-refractivity contribution in [2.45, 2.75) is 19.4 Å². The largest absolute Gasteiger partial charge is 0.315 e. The van der Waals surface area contributed by atoms with Gasteiger partial charge in [-0.15, -0.1) is 0 Å². The molecule has 0 aliphatic heterocycles. The molecule has 0 unspecified atom stereocenters. The van der Waals surface area contributed by atoms with Gasteiger partial charge >= 0.3 is 0 Å². The van der Waals surface area contributed by atoms with Crippen LogP contribution in [-0.4, -0.2) is 9.90 Å². The molecule has 1 fully saturated rings. The smallest absolute Gasteiger partial charge is 0.250 e. The quantitative estimate of drug-likeness (QED) is 0.743. The topological polar surface area (TPSA) is 22.0 Å². The van der Waals surface area contributed by atoms with Gasteiger partial charge in [0.15, 0.2) is 0 Å². The van der Waals surface area contributed by atoms with Crippen LogP contribution in [0.4, 0.5) is 0 Å². The first-order valence-electron chi connectivity index (χ1n) is 4.47. The van der Waals surface area contributed by atoms with Crippen LogP contribution in [0, 0.1) is 5.41 Å². The maximum absolute atomic E-state index is 11.4. The van der Waals surface area contributed by atoms with E-state index in [1.807, 2.05) is 12.3 Å². The molecule has 13 heavy (non-hydrogen) atoms. The highest BCUT2D eigenvalue weighted by Gasteiger charge is 2.41. The van der Waals surface area contributed by atoms with E-state index < -0.39 is 0 Å². The van der Waals surface area contributed by atoms with Crippen LogP contribution in [0.1, 0.15) is 12.8 Å². The Morgan fingerprint density at radius 3 is 2.77 bits per heavy atom. The van der Waals surface area contributed by atoms with E-state index in [9.17, 15) is 4.79 Å². The first-order valence-corrected chi connectivity index (χ1v) is 5.59. The molecule has 0 atom stereocenters. The fourth-order valence-electron chi connectivity index (χ4n) is 1.46. The molecule has 1 aliphatic carbocycles. The lowest BCUT2D eigenvalue weighted by Crippen LogP contribution is -2.23. The third kappa shape index (κ3) is 1.85. The summed E-state index contributed by atoms with van der Waals surface area (Å²) < 4.78 is 1.80. The zero-order valence-electron chi connectivity index (χ0n) is 7.37. The Morgan fingerprint density at radius 2 is 2.23 bits per heavy atom. The molecule has 0 spiro atoms. The van der Waals surface area contributed by atoms with E-state index in [1.54, 1.807) is 16.7 Å². The summed E-state index contributed by atoms with van der Waals surface area (Å²) in [5, 5.41) is 1.00. The lowest BCUT2D eigenvalue weighted by molar-refractivity contribution is 0.465. The molecule has 0 saturated heterocycles. The fraction of sp³-hybridized carbons (Fsp3) is 0.500. The van der Waals surface area contributed by atoms with Gasteiger partial charge in [-0.25, -0.2) is 0 Å². The van der Waals surface area contributed by atoms with Crippen molar-refractivity contribution in [2.75, 3.05) is 5.33 Å². The molecule has 1 aromatic rings. The third-order valence-electron chi connectivity index (χ3n) is 2.65. The summed E-state index contributed by atoms with van der Waals surface area (Å²) >= 11 is 3.50. The normalized spacial score (nSPS) is 18.5. The lowest BCUT2D eigenvalue weighted by Gasteiger charge is -2.12. The van der Waals surface area contributed by atoms with Crippen LogP contribution in [0.15, 0.2) is 29.2 Å². The third-order valence-corrected chi connectivity index (χ3v) is 3.83. The van der Waals surface area contributed by atoms with E-state index in [-0.39, 0.29) is 5.56 Å². The second-order valence-electron chi connectivity index (χ2n) is 3.80. The number of aromatic nitrogens is 1. The molecule has 70 valence electrons. The van der Waals surface area contributed by atoms with Gasteiger partial charge in [0, 0.05) is 24.1 Å². The minimum atomic E-state index is 0.106. The summed E-state index contributed by atoms with van der Waals surface area (Å²) in [6, 6.07) is 5.31. The molecule has 0 N–H and O–H groups in total. The maximum Gasteiger partial charge on any atom is 0.250 e. The second-order valence-corrected chi connectivity index (χ2v) is 4.36. The molecule has 1 saturated carbocycles. The van der Waals surface area contributed by atoms with Crippen LogP contribution in [0.25, 0.3) is 0 Å². The fourth-order valence-corrected chi connectivity index (χ4v) is 2.20. The summed E-state index contributed by atoms with van der Waals surface area (Å²) in [6.07, 6.45) is 4.34. The Hall–Kier alpha value is -0.570. The van der Waals surface area contributed by atoms with Gasteiger partial charge in [0.1, 0.15) is 0 Å². The van der Waals surface area contributed by atoms with Gasteiger partial charge in [-0.1, -0.05) is 22.0 Å². The molecular weight excluding hydrogens is 230 g/mol. The Balaban J connectivity index is 2.19. The first-order chi connectivity index (χ1) is 6.26. The van der Waals surface area contributed by atoms with Crippen LogP contribution in [0.5, 0.6) is 0 Å². The van der Waals surface area contributed by atoms with Gasteiger partial charge in [-0.3, -0.25) is 4.79 Å². The molecule has 0 radical (unpaired) electrons. The molecule has 0 aromatic carbocycles. The van der Waals surface area contributed by atoms with Crippen LogP contribution in [0.3, 0.4) is 0 Å². The highest BCUT2D eigenvalue weighted by molar-refractivity contribution is 9.09. The zero-order valence-corrected chi connectivity index (χ0v) is 8.96. The molecule has 1 aromatic heterocycles. The molecule has 0 bridgehead atoms. The van der Waals surface area contributed by atoms with Gasteiger partial charge < -0.3 is 4.57 Å². The van der Waals surface area contributed by atoms with E-state index >= 15 is 0 Å². The van der Waals surface area contributed by atoms with Gasteiger partial charge in [-0.05, 0) is 24.3 Å². The summed E-state index contributed by atoms with van der Waals surface area (Å²) in [4.78, 5) is 11.4. The van der Waals surface area contributed by atoms with Gasteiger partial charge in [0.05, 0.1) is 0 Å². The van der Waals surface area contributed by atoms with E-state index in [0.717, 1.165) is 11.9 Å². The number of hydrogen-bond acceptors (Lipinski definition) is 1. The number of pyridine rings is 1. The van der Waals surface area contributed by atoms with Crippen LogP contribution in [-0.2, 0) is 6.54 Å². The van der Waals surface area contributed by atoms with Crippen molar-refractivity contribution in [1.82, 2.24) is 4.57 Å². The summed E-state index contributed by atoms with van der Waals surface area (Å²) in [5.74, 6) is 0. The first kappa shape index (κ1) is 9.00. The van der Waals surface area contributed by atoms with Crippen molar-refractivity contribution in [3.63, 3.8) is 0 Å². The summed E-state index contributed by atoms with van der Waals surface area (Å²) in [7, 11) is 0. The number of nitrogens with zero attached hydrogens (tertiary/aromatic N) is 1. The minimum absolute atomic E-state index is 0.106. The zero-order chi connectivity index (χ0) is 9.31. The standard InChI is InChI=1S/C10H12BrNO/c11-7-10(4-5-10)8-12-6-2-1-3-9(12)13/h1-3,6H,4-5,7-8H2. The molecule has 0 amide bonds.